The molecule has 1 saturated carbocycles. The van der Waals surface area contributed by atoms with Crippen LogP contribution in [0.1, 0.15) is 25.7 Å². The van der Waals surface area contributed by atoms with Crippen LogP contribution in [-0.2, 0) is 9.59 Å². The van der Waals surface area contributed by atoms with Crippen molar-refractivity contribution in [3.05, 3.63) is 30.3 Å². The van der Waals surface area contributed by atoms with Gasteiger partial charge in [-0.05, 0) is 30.9 Å². The summed E-state index contributed by atoms with van der Waals surface area (Å²) in [7, 11) is 0. The van der Waals surface area contributed by atoms with Crippen LogP contribution >= 0.6 is 0 Å². The zero-order chi connectivity index (χ0) is 18.9. The Bertz CT molecular complexity index is 687. The van der Waals surface area contributed by atoms with Crippen molar-refractivity contribution in [3.8, 4) is 0 Å². The molecule has 1 aromatic rings. The second-order valence-corrected chi connectivity index (χ2v) is 8.24. The molecule has 0 radical (unpaired) electrons. The lowest BCUT2D eigenvalue weighted by Crippen LogP contribution is -2.47. The molecule has 0 bridgehead atoms. The number of carboxylic acids is 1. The lowest BCUT2D eigenvalue weighted by Gasteiger charge is -2.36. The molecule has 2 heterocycles. The quantitative estimate of drug-likeness (QED) is 0.857. The minimum Gasteiger partial charge on any atom is -0.481 e. The Labute approximate surface area is 160 Å². The Morgan fingerprint density at radius 2 is 1.85 bits per heavy atom. The summed E-state index contributed by atoms with van der Waals surface area (Å²) >= 11 is 0. The summed E-state index contributed by atoms with van der Waals surface area (Å²) in [5, 5.41) is 9.68. The second-order valence-electron chi connectivity index (χ2n) is 8.24. The molecule has 3 aliphatic rings. The molecule has 0 spiro atoms. The molecule has 0 unspecified atom stereocenters. The molecule has 4 rings (SSSR count). The zero-order valence-corrected chi connectivity index (χ0v) is 15.8. The van der Waals surface area contributed by atoms with Gasteiger partial charge < -0.3 is 14.9 Å². The fourth-order valence-corrected chi connectivity index (χ4v) is 5.11. The lowest BCUT2D eigenvalue weighted by atomic mass is 9.81. The molecule has 146 valence electrons. The maximum absolute atomic E-state index is 12.7. The van der Waals surface area contributed by atoms with E-state index in [4.69, 9.17) is 0 Å². The van der Waals surface area contributed by atoms with Gasteiger partial charge in [-0.3, -0.25) is 14.5 Å². The number of anilines is 1. The average molecular weight is 371 g/mol. The normalized spacial score (nSPS) is 28.4. The number of likely N-dealkylation sites (tertiary alicyclic amines) is 1. The number of amides is 1. The van der Waals surface area contributed by atoms with Gasteiger partial charge in [-0.25, -0.2) is 0 Å². The summed E-state index contributed by atoms with van der Waals surface area (Å²) in [6.45, 7) is 5.69. The highest BCUT2D eigenvalue weighted by Gasteiger charge is 2.55. The van der Waals surface area contributed by atoms with Gasteiger partial charge in [0.05, 0.1) is 5.41 Å². The third-order valence-electron chi connectivity index (χ3n) is 6.78. The molecule has 2 aliphatic heterocycles. The van der Waals surface area contributed by atoms with Crippen LogP contribution in [0.4, 0.5) is 5.69 Å². The highest BCUT2D eigenvalue weighted by molar-refractivity contribution is 5.81. The molecular formula is C21H29N3O3. The number of nitrogens with zero attached hydrogens (tertiary/aromatic N) is 3. The van der Waals surface area contributed by atoms with E-state index in [0.29, 0.717) is 19.5 Å². The number of aliphatic carboxylic acids is 1. The maximum atomic E-state index is 12.7. The SMILES string of the molecule is O=C(CCN1CCN(c2ccccc2)CC1)N1C[C@@H]2CCC[C@@]2(C(=O)O)C1. The standard InChI is InChI=1S/C21H29N3O3/c25-19(24-15-17-5-4-9-21(17,16-24)20(26)27)8-10-22-11-13-23(14-12-22)18-6-2-1-3-7-18/h1-3,6-7,17H,4-5,8-16H2,(H,26,27)/t17-,21+/m0/s1. The highest BCUT2D eigenvalue weighted by atomic mass is 16.4. The molecule has 6 heteroatoms. The van der Waals surface area contributed by atoms with E-state index in [-0.39, 0.29) is 11.8 Å². The van der Waals surface area contributed by atoms with E-state index in [2.05, 4.69) is 34.1 Å². The number of rotatable bonds is 5. The lowest BCUT2D eigenvalue weighted by molar-refractivity contribution is -0.149. The van der Waals surface area contributed by atoms with Gasteiger partial charge in [0.1, 0.15) is 0 Å². The first-order valence-corrected chi connectivity index (χ1v) is 10.1. The number of hydrogen-bond acceptors (Lipinski definition) is 4. The van der Waals surface area contributed by atoms with Crippen LogP contribution in [0.3, 0.4) is 0 Å². The van der Waals surface area contributed by atoms with Crippen LogP contribution in [0.25, 0.3) is 0 Å². The largest absolute Gasteiger partial charge is 0.481 e. The van der Waals surface area contributed by atoms with Crippen LogP contribution < -0.4 is 4.90 Å². The van der Waals surface area contributed by atoms with Crippen LogP contribution in [-0.4, -0.2) is 72.6 Å². The van der Waals surface area contributed by atoms with Crippen molar-refractivity contribution >= 4 is 17.6 Å². The van der Waals surface area contributed by atoms with Crippen LogP contribution in [0.2, 0.25) is 0 Å². The van der Waals surface area contributed by atoms with E-state index in [1.165, 1.54) is 5.69 Å². The third kappa shape index (κ3) is 3.55. The molecule has 0 aromatic heterocycles. The number of carboxylic acid groups (broad SMARTS) is 1. The molecule has 2 atom stereocenters. The van der Waals surface area contributed by atoms with Crippen molar-refractivity contribution < 1.29 is 14.7 Å². The number of piperazine rings is 1. The Kier molecular flexibility index (Phi) is 5.08. The van der Waals surface area contributed by atoms with Crippen molar-refractivity contribution in [1.82, 2.24) is 9.80 Å². The van der Waals surface area contributed by atoms with Gasteiger partial charge in [0.2, 0.25) is 5.91 Å². The Morgan fingerprint density at radius 3 is 2.52 bits per heavy atom. The Morgan fingerprint density at radius 1 is 1.11 bits per heavy atom. The maximum Gasteiger partial charge on any atom is 0.311 e. The van der Waals surface area contributed by atoms with E-state index < -0.39 is 11.4 Å². The Balaban J connectivity index is 1.24. The number of carbonyl (C=O) groups excluding carboxylic acids is 1. The monoisotopic (exact) mass is 371 g/mol. The summed E-state index contributed by atoms with van der Waals surface area (Å²) in [5.41, 5.74) is 0.590. The van der Waals surface area contributed by atoms with Gasteiger partial charge in [0.15, 0.2) is 0 Å². The molecule has 1 N–H and O–H groups in total. The van der Waals surface area contributed by atoms with Crippen molar-refractivity contribution in [2.45, 2.75) is 25.7 Å². The van der Waals surface area contributed by atoms with Crippen molar-refractivity contribution in [1.29, 1.82) is 0 Å². The number of hydrogen-bond donors (Lipinski definition) is 1. The van der Waals surface area contributed by atoms with Gasteiger partial charge in [-0.1, -0.05) is 24.6 Å². The molecule has 2 saturated heterocycles. The molecular weight excluding hydrogens is 342 g/mol. The summed E-state index contributed by atoms with van der Waals surface area (Å²) in [6.07, 6.45) is 3.13. The van der Waals surface area contributed by atoms with Crippen LogP contribution in [0.15, 0.2) is 30.3 Å². The topological polar surface area (TPSA) is 64.1 Å². The summed E-state index contributed by atoms with van der Waals surface area (Å²) in [4.78, 5) is 31.0. The smallest absolute Gasteiger partial charge is 0.311 e. The summed E-state index contributed by atoms with van der Waals surface area (Å²) in [6, 6.07) is 10.4. The first kappa shape index (κ1) is 18.3. The second kappa shape index (κ2) is 7.50. The van der Waals surface area contributed by atoms with E-state index in [1.54, 1.807) is 0 Å². The molecule has 6 nitrogen and oxygen atoms in total. The van der Waals surface area contributed by atoms with E-state index in [1.807, 2.05) is 11.0 Å². The van der Waals surface area contributed by atoms with Crippen molar-refractivity contribution in [2.24, 2.45) is 11.3 Å². The fourth-order valence-electron chi connectivity index (χ4n) is 5.11. The van der Waals surface area contributed by atoms with Gasteiger partial charge in [0.25, 0.3) is 0 Å². The third-order valence-corrected chi connectivity index (χ3v) is 6.78. The number of carbonyl (C=O) groups is 2. The van der Waals surface area contributed by atoms with Gasteiger partial charge in [-0.2, -0.15) is 0 Å². The molecule has 1 aliphatic carbocycles. The van der Waals surface area contributed by atoms with Gasteiger partial charge in [0, 0.05) is 57.9 Å². The van der Waals surface area contributed by atoms with Crippen LogP contribution in [0, 0.1) is 11.3 Å². The Hall–Kier alpha value is -2.08. The number of para-hydroxylation sites is 1. The van der Waals surface area contributed by atoms with E-state index in [0.717, 1.165) is 52.0 Å². The van der Waals surface area contributed by atoms with E-state index >= 15 is 0 Å². The van der Waals surface area contributed by atoms with E-state index in [9.17, 15) is 14.7 Å². The van der Waals surface area contributed by atoms with Crippen molar-refractivity contribution in [2.75, 3.05) is 50.7 Å². The fraction of sp³-hybridized carbons (Fsp3) is 0.619. The molecule has 1 aromatic carbocycles. The van der Waals surface area contributed by atoms with Crippen molar-refractivity contribution in [3.63, 3.8) is 0 Å². The molecule has 3 fully saturated rings. The first-order chi connectivity index (χ1) is 13.1. The average Bonchev–Trinajstić information content (AvgIpc) is 3.26. The minimum atomic E-state index is -0.711. The number of benzene rings is 1. The molecule has 1 amide bonds. The summed E-state index contributed by atoms with van der Waals surface area (Å²) in [5.74, 6) is -0.443. The highest BCUT2D eigenvalue weighted by Crippen LogP contribution is 2.48. The molecule has 27 heavy (non-hydrogen) atoms. The first-order valence-electron chi connectivity index (χ1n) is 10.1. The minimum absolute atomic E-state index is 0.121. The van der Waals surface area contributed by atoms with Crippen LogP contribution in [0.5, 0.6) is 0 Å². The zero-order valence-electron chi connectivity index (χ0n) is 15.8. The van der Waals surface area contributed by atoms with Gasteiger partial charge in [-0.15, -0.1) is 0 Å². The predicted octanol–water partition coefficient (Wildman–Crippen LogP) is 1.91. The van der Waals surface area contributed by atoms with Gasteiger partial charge >= 0.3 is 5.97 Å². The number of fused-ring (bicyclic) bond motifs is 1. The predicted molar refractivity (Wildman–Crippen MR) is 104 cm³/mol. The summed E-state index contributed by atoms with van der Waals surface area (Å²) < 4.78 is 0.